The molecular formula is C12H20N2O. The molecule has 1 aromatic rings. The SMILES string of the molecule is CCC(COC)N[C@@H](C)c1cccnc1. The van der Waals surface area contributed by atoms with Gasteiger partial charge in [0.05, 0.1) is 6.61 Å². The molecule has 0 saturated heterocycles. The van der Waals surface area contributed by atoms with Crippen molar-refractivity contribution in [3.8, 4) is 0 Å². The smallest absolute Gasteiger partial charge is 0.0615 e. The summed E-state index contributed by atoms with van der Waals surface area (Å²) < 4.78 is 5.15. The van der Waals surface area contributed by atoms with Gasteiger partial charge < -0.3 is 10.1 Å². The van der Waals surface area contributed by atoms with Gasteiger partial charge in [-0.15, -0.1) is 0 Å². The Morgan fingerprint density at radius 1 is 1.53 bits per heavy atom. The van der Waals surface area contributed by atoms with Gasteiger partial charge in [-0.3, -0.25) is 4.98 Å². The average molecular weight is 208 g/mol. The zero-order chi connectivity index (χ0) is 11.1. The van der Waals surface area contributed by atoms with Crippen LogP contribution in [0.3, 0.4) is 0 Å². The van der Waals surface area contributed by atoms with Crippen LogP contribution in [-0.2, 0) is 4.74 Å². The van der Waals surface area contributed by atoms with Crippen LogP contribution >= 0.6 is 0 Å². The van der Waals surface area contributed by atoms with Crippen molar-refractivity contribution in [3.05, 3.63) is 30.1 Å². The van der Waals surface area contributed by atoms with Crippen molar-refractivity contribution in [3.63, 3.8) is 0 Å². The molecule has 0 fully saturated rings. The predicted octanol–water partition coefficient (Wildman–Crippen LogP) is 2.16. The van der Waals surface area contributed by atoms with Gasteiger partial charge in [-0.25, -0.2) is 0 Å². The van der Waals surface area contributed by atoms with Crippen LogP contribution in [0.1, 0.15) is 31.9 Å². The number of hydrogen-bond donors (Lipinski definition) is 1. The third kappa shape index (κ3) is 3.98. The molecule has 1 rings (SSSR count). The van der Waals surface area contributed by atoms with Gasteiger partial charge in [0, 0.05) is 31.6 Å². The molecule has 0 aromatic carbocycles. The quantitative estimate of drug-likeness (QED) is 0.778. The second-order valence-electron chi connectivity index (χ2n) is 3.74. The lowest BCUT2D eigenvalue weighted by molar-refractivity contribution is 0.159. The molecule has 84 valence electrons. The topological polar surface area (TPSA) is 34.1 Å². The van der Waals surface area contributed by atoms with E-state index in [0.29, 0.717) is 12.1 Å². The Balaban J connectivity index is 2.50. The first-order valence-electron chi connectivity index (χ1n) is 5.42. The molecule has 2 atom stereocenters. The highest BCUT2D eigenvalue weighted by Crippen LogP contribution is 2.11. The van der Waals surface area contributed by atoms with Crippen molar-refractivity contribution in [2.75, 3.05) is 13.7 Å². The number of nitrogens with zero attached hydrogens (tertiary/aromatic N) is 1. The molecular weight excluding hydrogens is 188 g/mol. The standard InChI is InChI=1S/C12H20N2O/c1-4-12(9-15-3)14-10(2)11-6-5-7-13-8-11/h5-8,10,12,14H,4,9H2,1-3H3/t10-,12?/m0/s1. The van der Waals surface area contributed by atoms with Crippen molar-refractivity contribution in [2.24, 2.45) is 0 Å². The number of hydrogen-bond acceptors (Lipinski definition) is 3. The van der Waals surface area contributed by atoms with Crippen molar-refractivity contribution >= 4 is 0 Å². The summed E-state index contributed by atoms with van der Waals surface area (Å²) in [7, 11) is 1.74. The lowest BCUT2D eigenvalue weighted by Crippen LogP contribution is -2.34. The first kappa shape index (κ1) is 12.1. The minimum atomic E-state index is 0.318. The molecule has 0 amide bonds. The van der Waals surface area contributed by atoms with Crippen LogP contribution in [-0.4, -0.2) is 24.7 Å². The summed E-state index contributed by atoms with van der Waals surface area (Å²) in [6.07, 6.45) is 4.76. The number of rotatable bonds is 6. The number of aromatic nitrogens is 1. The van der Waals surface area contributed by atoms with E-state index in [9.17, 15) is 0 Å². The van der Waals surface area contributed by atoms with Crippen LogP contribution in [0.15, 0.2) is 24.5 Å². The number of nitrogens with one attached hydrogen (secondary N) is 1. The fourth-order valence-electron chi connectivity index (χ4n) is 1.57. The normalized spacial score (nSPS) is 14.9. The molecule has 0 aliphatic heterocycles. The van der Waals surface area contributed by atoms with Crippen molar-refractivity contribution < 1.29 is 4.74 Å². The lowest BCUT2D eigenvalue weighted by atomic mass is 10.1. The minimum Gasteiger partial charge on any atom is -0.383 e. The molecule has 0 radical (unpaired) electrons. The number of ether oxygens (including phenoxy) is 1. The second-order valence-corrected chi connectivity index (χ2v) is 3.74. The van der Waals surface area contributed by atoms with Gasteiger partial charge in [-0.2, -0.15) is 0 Å². The molecule has 3 heteroatoms. The van der Waals surface area contributed by atoms with Gasteiger partial charge in [0.2, 0.25) is 0 Å². The Kier molecular flexibility index (Phi) is 5.29. The van der Waals surface area contributed by atoms with E-state index in [1.165, 1.54) is 5.56 Å². The van der Waals surface area contributed by atoms with E-state index in [2.05, 4.69) is 30.2 Å². The Morgan fingerprint density at radius 3 is 2.87 bits per heavy atom. The monoisotopic (exact) mass is 208 g/mol. The highest BCUT2D eigenvalue weighted by atomic mass is 16.5. The summed E-state index contributed by atoms with van der Waals surface area (Å²) in [5.41, 5.74) is 1.21. The largest absolute Gasteiger partial charge is 0.383 e. The van der Waals surface area contributed by atoms with E-state index in [-0.39, 0.29) is 0 Å². The Hall–Kier alpha value is -0.930. The van der Waals surface area contributed by atoms with Gasteiger partial charge in [0.25, 0.3) is 0 Å². The van der Waals surface area contributed by atoms with Crippen LogP contribution in [0.2, 0.25) is 0 Å². The maximum absolute atomic E-state index is 5.15. The van der Waals surface area contributed by atoms with E-state index in [1.807, 2.05) is 12.3 Å². The van der Waals surface area contributed by atoms with Crippen molar-refractivity contribution in [1.82, 2.24) is 10.3 Å². The van der Waals surface area contributed by atoms with Gasteiger partial charge in [-0.05, 0) is 25.0 Å². The highest BCUT2D eigenvalue weighted by molar-refractivity contribution is 5.12. The molecule has 1 aromatic heterocycles. The van der Waals surface area contributed by atoms with E-state index in [1.54, 1.807) is 13.3 Å². The maximum atomic E-state index is 5.15. The third-order valence-corrected chi connectivity index (χ3v) is 2.53. The van der Waals surface area contributed by atoms with Gasteiger partial charge in [0.1, 0.15) is 0 Å². The molecule has 15 heavy (non-hydrogen) atoms. The first-order chi connectivity index (χ1) is 7.27. The maximum Gasteiger partial charge on any atom is 0.0615 e. The van der Waals surface area contributed by atoms with Gasteiger partial charge >= 0.3 is 0 Å². The van der Waals surface area contributed by atoms with Crippen LogP contribution < -0.4 is 5.32 Å². The summed E-state index contributed by atoms with van der Waals surface area (Å²) in [5.74, 6) is 0. The third-order valence-electron chi connectivity index (χ3n) is 2.53. The van der Waals surface area contributed by atoms with Crippen LogP contribution in [0, 0.1) is 0 Å². The van der Waals surface area contributed by atoms with E-state index < -0.39 is 0 Å². The molecule has 0 saturated carbocycles. The molecule has 0 spiro atoms. The predicted molar refractivity (Wildman–Crippen MR) is 61.7 cm³/mol. The molecule has 0 aliphatic rings. The molecule has 3 nitrogen and oxygen atoms in total. The van der Waals surface area contributed by atoms with E-state index >= 15 is 0 Å². The van der Waals surface area contributed by atoms with Gasteiger partial charge in [0.15, 0.2) is 0 Å². The number of methoxy groups -OCH3 is 1. The molecule has 1 N–H and O–H groups in total. The fraction of sp³-hybridized carbons (Fsp3) is 0.583. The highest BCUT2D eigenvalue weighted by Gasteiger charge is 2.11. The summed E-state index contributed by atoms with van der Waals surface area (Å²) in [5, 5.41) is 3.52. The van der Waals surface area contributed by atoms with Crippen LogP contribution in [0.5, 0.6) is 0 Å². The van der Waals surface area contributed by atoms with Gasteiger partial charge in [-0.1, -0.05) is 13.0 Å². The summed E-state index contributed by atoms with van der Waals surface area (Å²) >= 11 is 0. The minimum absolute atomic E-state index is 0.318. The Labute approximate surface area is 91.9 Å². The average Bonchev–Trinajstić information content (AvgIpc) is 2.29. The molecule has 0 aliphatic carbocycles. The Bertz CT molecular complexity index is 264. The molecule has 0 bridgehead atoms. The number of pyridine rings is 1. The summed E-state index contributed by atoms with van der Waals surface area (Å²) in [6.45, 7) is 5.06. The molecule has 1 unspecified atom stereocenters. The van der Waals surface area contributed by atoms with Crippen LogP contribution in [0.25, 0.3) is 0 Å². The first-order valence-corrected chi connectivity index (χ1v) is 5.42. The Morgan fingerprint density at radius 2 is 2.33 bits per heavy atom. The van der Waals surface area contributed by atoms with Crippen molar-refractivity contribution in [2.45, 2.75) is 32.4 Å². The van der Waals surface area contributed by atoms with E-state index in [4.69, 9.17) is 4.74 Å². The second kappa shape index (κ2) is 6.53. The van der Waals surface area contributed by atoms with E-state index in [0.717, 1.165) is 13.0 Å². The van der Waals surface area contributed by atoms with Crippen molar-refractivity contribution in [1.29, 1.82) is 0 Å². The lowest BCUT2D eigenvalue weighted by Gasteiger charge is -2.21. The fourth-order valence-corrected chi connectivity index (χ4v) is 1.57. The zero-order valence-electron chi connectivity index (χ0n) is 9.73. The van der Waals surface area contributed by atoms with Crippen LogP contribution in [0.4, 0.5) is 0 Å². The zero-order valence-corrected chi connectivity index (χ0v) is 9.73. The summed E-state index contributed by atoms with van der Waals surface area (Å²) in [4.78, 5) is 4.11. The molecule has 1 heterocycles. The summed E-state index contributed by atoms with van der Waals surface area (Å²) in [6, 6.07) is 4.78.